The Hall–Kier alpha value is -3.09. The van der Waals surface area contributed by atoms with E-state index in [4.69, 9.17) is 4.74 Å². The molecule has 2 aromatic rings. The minimum absolute atomic E-state index is 0.00759. The molecule has 0 fully saturated rings. The zero-order valence-corrected chi connectivity index (χ0v) is 17.0. The predicted octanol–water partition coefficient (Wildman–Crippen LogP) is 1.76. The second kappa shape index (κ2) is 10.9. The van der Waals surface area contributed by atoms with Crippen LogP contribution in [0.25, 0.3) is 0 Å². The molecule has 150 valence electrons. The minimum atomic E-state index is -0.00759. The van der Waals surface area contributed by atoms with Gasteiger partial charge in [0.1, 0.15) is 5.75 Å². The summed E-state index contributed by atoms with van der Waals surface area (Å²) in [4.78, 5) is 22.5. The van der Waals surface area contributed by atoms with Crippen molar-refractivity contribution in [3.8, 4) is 5.75 Å². The zero-order valence-electron chi connectivity index (χ0n) is 17.0. The quantitative estimate of drug-likeness (QED) is 0.536. The van der Waals surface area contributed by atoms with E-state index in [2.05, 4.69) is 20.6 Å². The molecule has 0 radical (unpaired) electrons. The summed E-state index contributed by atoms with van der Waals surface area (Å²) in [5, 5.41) is 6.27. The standard InChI is InChI=1S/C21H29N5O2/c1-16-8-9-17(19(13-16)28-4)14-24-21(22-2)25-15-20(27)26(3)12-10-18-7-5-6-11-23-18/h5-9,11,13H,10,12,14-15H2,1-4H3,(H2,22,24,25). The van der Waals surface area contributed by atoms with E-state index < -0.39 is 0 Å². The number of benzene rings is 1. The number of rotatable bonds is 8. The molecule has 0 saturated carbocycles. The molecule has 0 aliphatic rings. The van der Waals surface area contributed by atoms with Crippen molar-refractivity contribution in [1.82, 2.24) is 20.5 Å². The molecule has 0 saturated heterocycles. The maximum Gasteiger partial charge on any atom is 0.241 e. The summed E-state index contributed by atoms with van der Waals surface area (Å²) in [7, 11) is 5.13. The topological polar surface area (TPSA) is 78.9 Å². The van der Waals surface area contributed by atoms with Crippen molar-refractivity contribution < 1.29 is 9.53 Å². The largest absolute Gasteiger partial charge is 0.496 e. The molecule has 2 N–H and O–H groups in total. The average molecular weight is 383 g/mol. The molecule has 0 aliphatic carbocycles. The van der Waals surface area contributed by atoms with Gasteiger partial charge >= 0.3 is 0 Å². The van der Waals surface area contributed by atoms with Crippen molar-refractivity contribution >= 4 is 11.9 Å². The average Bonchev–Trinajstić information content (AvgIpc) is 2.73. The Bertz CT molecular complexity index is 793. The zero-order chi connectivity index (χ0) is 20.4. The van der Waals surface area contributed by atoms with Gasteiger partial charge in [-0.2, -0.15) is 0 Å². The first-order valence-electron chi connectivity index (χ1n) is 9.25. The van der Waals surface area contributed by atoms with Gasteiger partial charge in [0.05, 0.1) is 13.7 Å². The van der Waals surface area contributed by atoms with Gasteiger partial charge in [-0.15, -0.1) is 0 Å². The Balaban J connectivity index is 1.79. The maximum absolute atomic E-state index is 12.3. The lowest BCUT2D eigenvalue weighted by atomic mass is 10.1. The van der Waals surface area contributed by atoms with Crippen molar-refractivity contribution in [2.75, 3.05) is 34.3 Å². The number of nitrogens with one attached hydrogen (secondary N) is 2. The third-order valence-electron chi connectivity index (χ3n) is 4.37. The SMILES string of the molecule is CN=C(NCC(=O)N(C)CCc1ccccn1)NCc1ccc(C)cc1OC. The number of aryl methyl sites for hydroxylation is 1. The number of ether oxygens (including phenoxy) is 1. The van der Waals surface area contributed by atoms with Crippen LogP contribution in [0.4, 0.5) is 0 Å². The van der Waals surface area contributed by atoms with E-state index >= 15 is 0 Å². The van der Waals surface area contributed by atoms with E-state index in [9.17, 15) is 4.79 Å². The number of hydrogen-bond donors (Lipinski definition) is 2. The van der Waals surface area contributed by atoms with Crippen LogP contribution in [0, 0.1) is 6.92 Å². The number of carbonyl (C=O) groups excluding carboxylic acids is 1. The highest BCUT2D eigenvalue weighted by molar-refractivity contribution is 5.86. The van der Waals surface area contributed by atoms with Gasteiger partial charge < -0.3 is 20.3 Å². The Morgan fingerprint density at radius 1 is 1.25 bits per heavy atom. The molecule has 28 heavy (non-hydrogen) atoms. The van der Waals surface area contributed by atoms with E-state index in [0.29, 0.717) is 19.0 Å². The molecular weight excluding hydrogens is 354 g/mol. The fourth-order valence-corrected chi connectivity index (χ4v) is 2.64. The van der Waals surface area contributed by atoms with Gasteiger partial charge in [0.2, 0.25) is 5.91 Å². The third-order valence-corrected chi connectivity index (χ3v) is 4.37. The summed E-state index contributed by atoms with van der Waals surface area (Å²) in [6.45, 7) is 3.36. The molecule has 1 heterocycles. The van der Waals surface area contributed by atoms with Gasteiger partial charge in [-0.1, -0.05) is 18.2 Å². The van der Waals surface area contributed by atoms with Crippen LogP contribution in [0.5, 0.6) is 5.75 Å². The Labute approximate surface area is 166 Å². The van der Waals surface area contributed by atoms with E-state index in [1.54, 1.807) is 32.3 Å². The van der Waals surface area contributed by atoms with Crippen LogP contribution in [-0.2, 0) is 17.8 Å². The number of likely N-dealkylation sites (N-methyl/N-ethyl adjacent to an activating group) is 1. The molecule has 0 atom stereocenters. The van der Waals surface area contributed by atoms with E-state index in [-0.39, 0.29) is 12.5 Å². The lowest BCUT2D eigenvalue weighted by Crippen LogP contribution is -2.43. The van der Waals surface area contributed by atoms with Crippen LogP contribution in [0.2, 0.25) is 0 Å². The van der Waals surface area contributed by atoms with Gasteiger partial charge in [-0.25, -0.2) is 0 Å². The van der Waals surface area contributed by atoms with E-state index in [1.807, 2.05) is 43.3 Å². The van der Waals surface area contributed by atoms with Crippen LogP contribution >= 0.6 is 0 Å². The van der Waals surface area contributed by atoms with Crippen molar-refractivity contribution in [3.63, 3.8) is 0 Å². The van der Waals surface area contributed by atoms with Crippen LogP contribution in [-0.4, -0.2) is 56.0 Å². The molecule has 0 spiro atoms. The van der Waals surface area contributed by atoms with E-state index in [0.717, 1.165) is 29.0 Å². The highest BCUT2D eigenvalue weighted by atomic mass is 16.5. The molecule has 1 aromatic carbocycles. The summed E-state index contributed by atoms with van der Waals surface area (Å²) >= 11 is 0. The fourth-order valence-electron chi connectivity index (χ4n) is 2.64. The lowest BCUT2D eigenvalue weighted by Gasteiger charge is -2.19. The summed E-state index contributed by atoms with van der Waals surface area (Å²) in [6.07, 6.45) is 2.49. The van der Waals surface area contributed by atoms with Crippen LogP contribution in [0.1, 0.15) is 16.8 Å². The lowest BCUT2D eigenvalue weighted by molar-refractivity contribution is -0.128. The number of pyridine rings is 1. The molecule has 0 bridgehead atoms. The molecular formula is C21H29N5O2. The van der Waals surface area contributed by atoms with Crippen LogP contribution in [0.3, 0.4) is 0 Å². The van der Waals surface area contributed by atoms with Crippen LogP contribution in [0.15, 0.2) is 47.6 Å². The molecule has 7 nitrogen and oxygen atoms in total. The first-order chi connectivity index (χ1) is 13.5. The number of hydrogen-bond acceptors (Lipinski definition) is 4. The maximum atomic E-state index is 12.3. The summed E-state index contributed by atoms with van der Waals surface area (Å²) in [5.74, 6) is 1.38. The molecule has 2 rings (SSSR count). The van der Waals surface area contributed by atoms with Crippen molar-refractivity contribution in [2.45, 2.75) is 19.9 Å². The highest BCUT2D eigenvalue weighted by Crippen LogP contribution is 2.19. The highest BCUT2D eigenvalue weighted by Gasteiger charge is 2.10. The second-order valence-corrected chi connectivity index (χ2v) is 6.48. The summed E-state index contributed by atoms with van der Waals surface area (Å²) in [6, 6.07) is 11.8. The molecule has 1 aromatic heterocycles. The number of aromatic nitrogens is 1. The number of amides is 1. The number of carbonyl (C=O) groups is 1. The van der Waals surface area contributed by atoms with Gasteiger partial charge in [-0.05, 0) is 30.7 Å². The first-order valence-corrected chi connectivity index (χ1v) is 9.25. The Morgan fingerprint density at radius 2 is 2.07 bits per heavy atom. The first kappa shape index (κ1) is 21.2. The predicted molar refractivity (Wildman–Crippen MR) is 112 cm³/mol. The van der Waals surface area contributed by atoms with Gasteiger partial charge in [0.15, 0.2) is 5.96 Å². The van der Waals surface area contributed by atoms with Crippen LogP contribution < -0.4 is 15.4 Å². The van der Waals surface area contributed by atoms with Crippen molar-refractivity contribution in [2.24, 2.45) is 4.99 Å². The van der Waals surface area contributed by atoms with Crippen molar-refractivity contribution in [3.05, 3.63) is 59.4 Å². The molecule has 0 unspecified atom stereocenters. The Morgan fingerprint density at radius 3 is 2.75 bits per heavy atom. The molecule has 0 aliphatic heterocycles. The third kappa shape index (κ3) is 6.57. The van der Waals surface area contributed by atoms with Gasteiger partial charge in [-0.3, -0.25) is 14.8 Å². The minimum Gasteiger partial charge on any atom is -0.496 e. The fraction of sp³-hybridized carbons (Fsp3) is 0.381. The monoisotopic (exact) mass is 383 g/mol. The number of aliphatic imine (C=N–C) groups is 1. The Kier molecular flexibility index (Phi) is 8.27. The molecule has 1 amide bonds. The molecule has 7 heteroatoms. The number of methoxy groups -OCH3 is 1. The van der Waals surface area contributed by atoms with Crippen molar-refractivity contribution in [1.29, 1.82) is 0 Å². The van der Waals surface area contributed by atoms with E-state index in [1.165, 1.54) is 0 Å². The number of guanidine groups is 1. The number of nitrogens with zero attached hydrogens (tertiary/aromatic N) is 3. The van der Waals surface area contributed by atoms with Gasteiger partial charge in [0.25, 0.3) is 0 Å². The van der Waals surface area contributed by atoms with Gasteiger partial charge in [0, 0.05) is 51.1 Å². The normalized spacial score (nSPS) is 11.1. The summed E-state index contributed by atoms with van der Waals surface area (Å²) in [5.41, 5.74) is 3.14. The smallest absolute Gasteiger partial charge is 0.241 e. The second-order valence-electron chi connectivity index (χ2n) is 6.48. The summed E-state index contributed by atoms with van der Waals surface area (Å²) < 4.78 is 5.42.